The number of likely N-dealkylation sites (N-methyl/N-ethyl adjacent to an activating group) is 1. The zero-order chi connectivity index (χ0) is 10.7. The quantitative estimate of drug-likeness (QED) is 0.754. The van der Waals surface area contributed by atoms with Gasteiger partial charge in [0.1, 0.15) is 0 Å². The molecule has 0 spiro atoms. The second-order valence-corrected chi connectivity index (χ2v) is 4.38. The van der Waals surface area contributed by atoms with Crippen molar-refractivity contribution in [3.05, 3.63) is 11.9 Å². The summed E-state index contributed by atoms with van der Waals surface area (Å²) in [6.45, 7) is 3.56. The first-order valence-corrected chi connectivity index (χ1v) is 6.15. The highest BCUT2D eigenvalue weighted by molar-refractivity contribution is 9.08. The van der Waals surface area contributed by atoms with Crippen molar-refractivity contribution in [2.75, 3.05) is 26.7 Å². The summed E-state index contributed by atoms with van der Waals surface area (Å²) in [6, 6.07) is 0. The third-order valence-corrected chi connectivity index (χ3v) is 3.03. The van der Waals surface area contributed by atoms with Crippen LogP contribution in [0, 0.1) is 0 Å². The van der Waals surface area contributed by atoms with Crippen molar-refractivity contribution in [1.29, 1.82) is 0 Å². The van der Waals surface area contributed by atoms with Gasteiger partial charge >= 0.3 is 0 Å². The highest BCUT2D eigenvalue weighted by atomic mass is 79.9. The van der Waals surface area contributed by atoms with E-state index in [-0.39, 0.29) is 6.10 Å². The predicted molar refractivity (Wildman–Crippen MR) is 59.9 cm³/mol. The number of hydrogen-bond donors (Lipinski definition) is 0. The summed E-state index contributed by atoms with van der Waals surface area (Å²) in [4.78, 5) is 2.27. The van der Waals surface area contributed by atoms with E-state index in [9.17, 15) is 0 Å². The highest BCUT2D eigenvalue weighted by Gasteiger charge is 2.18. The molecule has 6 heteroatoms. The van der Waals surface area contributed by atoms with Gasteiger partial charge in [0, 0.05) is 24.6 Å². The lowest BCUT2D eigenvalue weighted by atomic mass is 10.3. The molecule has 0 aromatic carbocycles. The molecule has 15 heavy (non-hydrogen) atoms. The van der Waals surface area contributed by atoms with E-state index in [1.807, 2.05) is 10.9 Å². The normalized spacial score (nSPS) is 23.2. The number of nitrogens with zero attached hydrogens (tertiary/aromatic N) is 4. The van der Waals surface area contributed by atoms with E-state index < -0.39 is 0 Å². The molecule has 0 saturated carbocycles. The van der Waals surface area contributed by atoms with Gasteiger partial charge in [0.2, 0.25) is 0 Å². The Bertz CT molecular complexity index is 317. The Morgan fingerprint density at radius 2 is 2.53 bits per heavy atom. The number of alkyl halides is 1. The zero-order valence-electron chi connectivity index (χ0n) is 8.77. The SMILES string of the molecule is CN1CCOC(Cn2cc(CBr)nn2)C1. The van der Waals surface area contributed by atoms with E-state index in [2.05, 4.69) is 38.2 Å². The Morgan fingerprint density at radius 1 is 1.67 bits per heavy atom. The van der Waals surface area contributed by atoms with Crippen molar-refractivity contribution in [2.45, 2.75) is 18.0 Å². The van der Waals surface area contributed by atoms with Crippen molar-refractivity contribution in [3.63, 3.8) is 0 Å². The molecule has 0 bridgehead atoms. The predicted octanol–water partition coefficient (Wildman–Crippen LogP) is 0.504. The highest BCUT2D eigenvalue weighted by Crippen LogP contribution is 2.06. The van der Waals surface area contributed by atoms with E-state index >= 15 is 0 Å². The summed E-state index contributed by atoms with van der Waals surface area (Å²) in [5.74, 6) is 0. The van der Waals surface area contributed by atoms with Gasteiger partial charge in [-0.25, -0.2) is 4.68 Å². The molecule has 1 atom stereocenters. The largest absolute Gasteiger partial charge is 0.374 e. The summed E-state index contributed by atoms with van der Waals surface area (Å²) in [6.07, 6.45) is 2.18. The van der Waals surface area contributed by atoms with Gasteiger partial charge in [0.25, 0.3) is 0 Å². The van der Waals surface area contributed by atoms with E-state index in [1.54, 1.807) is 0 Å². The molecular weight excluding hydrogens is 260 g/mol. The minimum absolute atomic E-state index is 0.230. The van der Waals surface area contributed by atoms with E-state index in [4.69, 9.17) is 4.74 Å². The van der Waals surface area contributed by atoms with Crippen molar-refractivity contribution in [3.8, 4) is 0 Å². The summed E-state index contributed by atoms with van der Waals surface area (Å²) in [7, 11) is 2.11. The van der Waals surface area contributed by atoms with Gasteiger partial charge in [-0.05, 0) is 7.05 Å². The van der Waals surface area contributed by atoms with Gasteiger partial charge in [-0.1, -0.05) is 21.1 Å². The Kier molecular flexibility index (Phi) is 3.71. The Hall–Kier alpha value is -0.460. The molecular formula is C9H15BrN4O. The van der Waals surface area contributed by atoms with Crippen LogP contribution in [-0.4, -0.2) is 52.7 Å². The molecule has 1 aliphatic heterocycles. The van der Waals surface area contributed by atoms with Crippen LogP contribution >= 0.6 is 15.9 Å². The van der Waals surface area contributed by atoms with Crippen LogP contribution < -0.4 is 0 Å². The standard InChI is InChI=1S/C9H15BrN4O/c1-13-2-3-15-9(6-13)7-14-5-8(4-10)11-12-14/h5,9H,2-4,6-7H2,1H3. The third kappa shape index (κ3) is 2.99. The van der Waals surface area contributed by atoms with Gasteiger partial charge < -0.3 is 9.64 Å². The maximum absolute atomic E-state index is 5.65. The molecule has 0 N–H and O–H groups in total. The molecule has 2 heterocycles. The molecule has 1 fully saturated rings. The summed E-state index contributed by atoms with van der Waals surface area (Å²) >= 11 is 3.35. The minimum atomic E-state index is 0.230. The fraction of sp³-hybridized carbons (Fsp3) is 0.778. The first kappa shape index (κ1) is 11.0. The molecule has 84 valence electrons. The maximum Gasteiger partial charge on any atom is 0.0932 e. The topological polar surface area (TPSA) is 43.2 Å². The molecule has 1 aromatic heterocycles. The second kappa shape index (κ2) is 5.05. The fourth-order valence-corrected chi connectivity index (χ4v) is 1.93. The van der Waals surface area contributed by atoms with Crippen LogP contribution in [0.15, 0.2) is 6.20 Å². The second-order valence-electron chi connectivity index (χ2n) is 3.82. The number of hydrogen-bond acceptors (Lipinski definition) is 4. The Labute approximate surface area is 97.5 Å². The van der Waals surface area contributed by atoms with Crippen molar-refractivity contribution in [1.82, 2.24) is 19.9 Å². The van der Waals surface area contributed by atoms with Crippen LogP contribution in [0.25, 0.3) is 0 Å². The van der Waals surface area contributed by atoms with Crippen LogP contribution in [0.5, 0.6) is 0 Å². The minimum Gasteiger partial charge on any atom is -0.374 e. The molecule has 2 rings (SSSR count). The average Bonchev–Trinajstić information content (AvgIpc) is 2.65. The van der Waals surface area contributed by atoms with E-state index in [0.29, 0.717) is 0 Å². The lowest BCUT2D eigenvalue weighted by Crippen LogP contribution is -2.42. The number of rotatable bonds is 3. The third-order valence-electron chi connectivity index (χ3n) is 2.46. The summed E-state index contributed by atoms with van der Waals surface area (Å²) < 4.78 is 7.50. The maximum atomic E-state index is 5.65. The molecule has 1 unspecified atom stereocenters. The Morgan fingerprint density at radius 3 is 3.20 bits per heavy atom. The zero-order valence-corrected chi connectivity index (χ0v) is 10.4. The number of aromatic nitrogens is 3. The molecule has 0 radical (unpaired) electrons. The molecule has 1 saturated heterocycles. The van der Waals surface area contributed by atoms with Crippen LogP contribution in [-0.2, 0) is 16.6 Å². The van der Waals surface area contributed by atoms with Crippen LogP contribution in [0.3, 0.4) is 0 Å². The molecule has 0 amide bonds. The van der Waals surface area contributed by atoms with Crippen molar-refractivity contribution < 1.29 is 4.74 Å². The number of halogens is 1. The number of morpholine rings is 1. The van der Waals surface area contributed by atoms with Crippen molar-refractivity contribution >= 4 is 15.9 Å². The van der Waals surface area contributed by atoms with Crippen LogP contribution in [0.1, 0.15) is 5.69 Å². The first-order chi connectivity index (χ1) is 7.28. The van der Waals surface area contributed by atoms with E-state index in [0.717, 1.165) is 37.3 Å². The smallest absolute Gasteiger partial charge is 0.0932 e. The van der Waals surface area contributed by atoms with Gasteiger partial charge in [0.15, 0.2) is 0 Å². The lowest BCUT2D eigenvalue weighted by Gasteiger charge is -2.29. The Balaban J connectivity index is 1.90. The summed E-state index contributed by atoms with van der Waals surface area (Å²) in [5.41, 5.74) is 0.958. The van der Waals surface area contributed by atoms with Crippen LogP contribution in [0.2, 0.25) is 0 Å². The van der Waals surface area contributed by atoms with Gasteiger partial charge in [-0.3, -0.25) is 0 Å². The monoisotopic (exact) mass is 274 g/mol. The van der Waals surface area contributed by atoms with Crippen molar-refractivity contribution in [2.24, 2.45) is 0 Å². The molecule has 1 aliphatic rings. The molecule has 0 aliphatic carbocycles. The van der Waals surface area contributed by atoms with E-state index in [1.165, 1.54) is 0 Å². The molecule has 1 aromatic rings. The lowest BCUT2D eigenvalue weighted by molar-refractivity contribution is -0.0292. The average molecular weight is 275 g/mol. The van der Waals surface area contributed by atoms with Gasteiger partial charge in [-0.15, -0.1) is 5.10 Å². The fourth-order valence-electron chi connectivity index (χ4n) is 1.67. The van der Waals surface area contributed by atoms with Gasteiger partial charge in [-0.2, -0.15) is 0 Å². The van der Waals surface area contributed by atoms with Gasteiger partial charge in [0.05, 0.1) is 24.9 Å². The molecule has 5 nitrogen and oxygen atoms in total. The first-order valence-electron chi connectivity index (χ1n) is 5.03. The van der Waals surface area contributed by atoms with Crippen LogP contribution in [0.4, 0.5) is 0 Å². The summed E-state index contributed by atoms with van der Waals surface area (Å²) in [5, 5.41) is 8.81. The number of ether oxygens (including phenoxy) is 1.